The van der Waals surface area contributed by atoms with Crippen LogP contribution in [0.3, 0.4) is 0 Å². The van der Waals surface area contributed by atoms with E-state index in [-0.39, 0.29) is 17.1 Å². The van der Waals surface area contributed by atoms with Gasteiger partial charge in [-0.15, -0.1) is 0 Å². The van der Waals surface area contributed by atoms with Crippen LogP contribution in [0.5, 0.6) is 0 Å². The average molecular weight is 329 g/mol. The summed E-state index contributed by atoms with van der Waals surface area (Å²) in [5.41, 5.74) is 1.32. The van der Waals surface area contributed by atoms with E-state index < -0.39 is 0 Å². The molecule has 1 radical (unpaired) electrons. The van der Waals surface area contributed by atoms with Crippen LogP contribution in [0, 0.1) is 18.2 Å². The first-order chi connectivity index (χ1) is 10.4. The zero-order valence-electron chi connectivity index (χ0n) is 12.9. The van der Waals surface area contributed by atoms with Gasteiger partial charge in [-0.05, 0) is 0 Å². The van der Waals surface area contributed by atoms with Crippen LogP contribution in [0.2, 0.25) is 0 Å². The zero-order chi connectivity index (χ0) is 15.0. The molecule has 0 spiro atoms. The number of hydrogen-bond donors (Lipinski definition) is 0. The van der Waals surface area contributed by atoms with Crippen molar-refractivity contribution in [3.8, 4) is 0 Å². The number of rotatable bonds is 2. The minimum absolute atomic E-state index is 0. The van der Waals surface area contributed by atoms with Gasteiger partial charge in [0.15, 0.2) is 0 Å². The Kier molecular flexibility index (Phi) is 14.3. The van der Waals surface area contributed by atoms with Crippen LogP contribution in [0.25, 0.3) is 0 Å². The van der Waals surface area contributed by atoms with Crippen molar-refractivity contribution >= 4 is 0 Å². The molecule has 0 amide bonds. The van der Waals surface area contributed by atoms with Gasteiger partial charge < -0.3 is 0 Å². The van der Waals surface area contributed by atoms with E-state index in [1.807, 2.05) is 72.8 Å². The summed E-state index contributed by atoms with van der Waals surface area (Å²) in [7, 11) is 0. The Morgan fingerprint density at radius 1 is 0.682 bits per heavy atom. The third-order valence-electron chi connectivity index (χ3n) is 2.51. The summed E-state index contributed by atoms with van der Waals surface area (Å²) in [4.78, 5) is 0. The van der Waals surface area contributed by atoms with Crippen molar-refractivity contribution in [3.05, 3.63) is 109 Å². The molecule has 0 aromatic heterocycles. The van der Waals surface area contributed by atoms with Crippen molar-refractivity contribution in [1.82, 2.24) is 0 Å². The predicted octanol–water partition coefficient (Wildman–Crippen LogP) is 5.41. The molecule has 22 heavy (non-hydrogen) atoms. The second kappa shape index (κ2) is 15.6. The first kappa shape index (κ1) is 20.2. The molecule has 0 atom stereocenters. The van der Waals surface area contributed by atoms with Crippen molar-refractivity contribution in [2.45, 2.75) is 19.8 Å². The molecule has 0 N–H and O–H groups in total. The molecular weight excluding hydrogens is 308 g/mol. The second-order valence-electron chi connectivity index (χ2n) is 4.29. The molecule has 0 unspecified atom stereocenters. The molecule has 3 aromatic carbocycles. The molecule has 0 saturated carbocycles. The van der Waals surface area contributed by atoms with Gasteiger partial charge in [0.05, 0.1) is 0 Å². The normalized spacial score (nSPS) is 8.23. The third kappa shape index (κ3) is 12.0. The van der Waals surface area contributed by atoms with Crippen LogP contribution in [-0.2, 0) is 23.5 Å². The van der Waals surface area contributed by atoms with Crippen LogP contribution < -0.4 is 0 Å². The van der Waals surface area contributed by atoms with E-state index in [9.17, 15) is 0 Å². The average Bonchev–Trinajstić information content (AvgIpc) is 2.60. The molecule has 0 fully saturated rings. The molecule has 3 rings (SSSR count). The smallest absolute Gasteiger partial charge is 0.184 e. The fourth-order valence-corrected chi connectivity index (χ4v) is 1.54. The quantitative estimate of drug-likeness (QED) is 0.435. The van der Waals surface area contributed by atoms with Gasteiger partial charge in [-0.3, -0.25) is 0 Å². The van der Waals surface area contributed by atoms with Crippen molar-refractivity contribution in [3.63, 3.8) is 0 Å². The first-order valence-corrected chi connectivity index (χ1v) is 7.21. The van der Waals surface area contributed by atoms with Gasteiger partial charge in [-0.25, -0.2) is 0 Å². The van der Waals surface area contributed by atoms with Crippen molar-refractivity contribution in [2.75, 3.05) is 0 Å². The minimum atomic E-state index is 0. The van der Waals surface area contributed by atoms with Crippen molar-refractivity contribution in [2.24, 2.45) is 0 Å². The standard InChI is InChI=1S/C9H11.2C6H5.Fe/c1-2-6-9-7-4-3-5-8-9;2*1-2-4-6-5-3-1;/h3-5,7H,2,6H2,1H3;2*1-5H;/q3*-1;+3. The Balaban J connectivity index is 0.000000303. The molecule has 1 heteroatoms. The molecule has 3 aromatic rings. The Labute approximate surface area is 145 Å². The Morgan fingerprint density at radius 2 is 1.18 bits per heavy atom. The summed E-state index contributed by atoms with van der Waals surface area (Å²) < 4.78 is 0. The van der Waals surface area contributed by atoms with Crippen LogP contribution in [0.15, 0.2) is 84.9 Å². The Bertz CT molecular complexity index is 436. The van der Waals surface area contributed by atoms with Crippen LogP contribution in [0.1, 0.15) is 18.9 Å². The van der Waals surface area contributed by atoms with Gasteiger partial charge in [-0.1, -0.05) is 19.8 Å². The summed E-state index contributed by atoms with van der Waals surface area (Å²) >= 11 is 0. The molecule has 0 nitrogen and oxygen atoms in total. The number of aryl methyl sites for hydroxylation is 1. The number of hydrogen-bond acceptors (Lipinski definition) is 0. The van der Waals surface area contributed by atoms with Gasteiger partial charge in [-0.2, -0.15) is 109 Å². The monoisotopic (exact) mass is 329 g/mol. The van der Waals surface area contributed by atoms with Crippen LogP contribution in [-0.4, -0.2) is 0 Å². The molecular formula is C21H21Fe. The fourth-order valence-electron chi connectivity index (χ4n) is 1.54. The molecule has 0 saturated heterocycles. The van der Waals surface area contributed by atoms with E-state index >= 15 is 0 Å². The van der Waals surface area contributed by atoms with Crippen molar-refractivity contribution in [1.29, 1.82) is 0 Å². The molecule has 0 aliphatic carbocycles. The van der Waals surface area contributed by atoms with Gasteiger partial charge >= 0.3 is 17.1 Å². The molecule has 113 valence electrons. The Hall–Kier alpha value is -1.82. The van der Waals surface area contributed by atoms with E-state index in [1.165, 1.54) is 12.0 Å². The summed E-state index contributed by atoms with van der Waals surface area (Å²) in [5.74, 6) is 0. The zero-order valence-corrected chi connectivity index (χ0v) is 14.0. The van der Waals surface area contributed by atoms with Gasteiger partial charge in [0.2, 0.25) is 0 Å². The van der Waals surface area contributed by atoms with E-state index in [1.54, 1.807) is 0 Å². The minimum Gasteiger partial charge on any atom is -0.184 e. The molecule has 0 heterocycles. The van der Waals surface area contributed by atoms with Gasteiger partial charge in [0.1, 0.15) is 0 Å². The fraction of sp³-hybridized carbons (Fsp3) is 0.143. The van der Waals surface area contributed by atoms with E-state index in [0.717, 1.165) is 6.42 Å². The summed E-state index contributed by atoms with van der Waals surface area (Å²) in [6, 6.07) is 36.3. The van der Waals surface area contributed by atoms with Crippen LogP contribution in [0.4, 0.5) is 0 Å². The van der Waals surface area contributed by atoms with E-state index in [0.29, 0.717) is 0 Å². The van der Waals surface area contributed by atoms with Crippen LogP contribution >= 0.6 is 0 Å². The molecule has 0 aliphatic heterocycles. The predicted molar refractivity (Wildman–Crippen MR) is 89.8 cm³/mol. The Morgan fingerprint density at radius 3 is 1.45 bits per heavy atom. The molecule has 0 bridgehead atoms. The maximum atomic E-state index is 3.17. The summed E-state index contributed by atoms with van der Waals surface area (Å²) in [6.07, 6.45) is 2.36. The number of benzene rings is 3. The maximum absolute atomic E-state index is 3.17. The topological polar surface area (TPSA) is 0 Å². The second-order valence-corrected chi connectivity index (χ2v) is 4.29. The van der Waals surface area contributed by atoms with E-state index in [4.69, 9.17) is 0 Å². The summed E-state index contributed by atoms with van der Waals surface area (Å²) in [5, 5.41) is 0. The largest absolute Gasteiger partial charge is 3.00 e. The maximum Gasteiger partial charge on any atom is 3.00 e. The van der Waals surface area contributed by atoms with Gasteiger partial charge in [0.25, 0.3) is 0 Å². The first-order valence-electron chi connectivity index (χ1n) is 7.21. The van der Waals surface area contributed by atoms with Crippen molar-refractivity contribution < 1.29 is 17.1 Å². The third-order valence-corrected chi connectivity index (χ3v) is 2.51. The summed E-state index contributed by atoms with van der Waals surface area (Å²) in [6.45, 7) is 2.18. The molecule has 0 aliphatic rings. The SMILES string of the molecule is CCCc1[c-]cccc1.[Fe+3].[c-]1ccccc1.[c-]1ccccc1. The van der Waals surface area contributed by atoms with Gasteiger partial charge in [0, 0.05) is 0 Å². The van der Waals surface area contributed by atoms with E-state index in [2.05, 4.69) is 37.3 Å².